The molecule has 7 N–H and O–H groups in total. The third-order valence-corrected chi connectivity index (χ3v) is 10.4. The number of carbonyl (C=O) groups is 1. The molecule has 13 heteroatoms. The Balaban J connectivity index is 0.000000156. The van der Waals surface area contributed by atoms with E-state index in [1.807, 2.05) is 110 Å². The number of halogens is 5. The zero-order chi connectivity index (χ0) is 46.9. The standard InChI is InChI=1S/C14H12FNO.C14H10FN.C12H10FN.C6H6BFO2.C6H6IN/c1-10(17)16-14-5-3-2-4-13(14)11-6-8-12(15)9-7-11;1-9-13-8-10(15)6-7-11(13)12-4-2-3-5-14(12)16-9;13-10-7-5-9(6-8-10)11-3-1-2-4-12(11)14;8-6-3-1-5(2-4-6)7(9)10;7-5-3-1-2-4-6(5)8/h2-9H,1H3,(H,16,17);2-8H,1H3;1-8H,14H2;1-4,9-10H;1-4H,8H2. The van der Waals surface area contributed by atoms with Gasteiger partial charge in [0.1, 0.15) is 23.3 Å². The summed E-state index contributed by atoms with van der Waals surface area (Å²) >= 11 is 2.20. The van der Waals surface area contributed by atoms with Gasteiger partial charge in [0.25, 0.3) is 0 Å². The third-order valence-electron chi connectivity index (χ3n) is 9.44. The maximum absolute atomic E-state index is 13.2. The van der Waals surface area contributed by atoms with Crippen LogP contribution in [0, 0.1) is 33.8 Å². The molecule has 1 amide bonds. The van der Waals surface area contributed by atoms with Crippen LogP contribution in [0.2, 0.25) is 0 Å². The summed E-state index contributed by atoms with van der Waals surface area (Å²) in [7, 11) is -1.51. The first kappa shape index (κ1) is 49.0. The van der Waals surface area contributed by atoms with Gasteiger partial charge < -0.3 is 26.8 Å². The molecular weight excluding hydrogens is 942 g/mol. The molecule has 0 aliphatic carbocycles. The molecule has 0 aliphatic rings. The summed E-state index contributed by atoms with van der Waals surface area (Å²) < 4.78 is 52.0. The van der Waals surface area contributed by atoms with Crippen molar-refractivity contribution in [2.45, 2.75) is 13.8 Å². The van der Waals surface area contributed by atoms with Gasteiger partial charge in [-0.3, -0.25) is 9.78 Å². The van der Waals surface area contributed by atoms with E-state index >= 15 is 0 Å². The molecule has 328 valence electrons. The fourth-order valence-electron chi connectivity index (χ4n) is 6.25. The summed E-state index contributed by atoms with van der Waals surface area (Å²) in [5.74, 6) is -1.23. The van der Waals surface area contributed by atoms with Gasteiger partial charge in [0.15, 0.2) is 0 Å². The van der Waals surface area contributed by atoms with Crippen LogP contribution in [0.1, 0.15) is 12.6 Å². The number of nitrogens with zero attached hydrogens (tertiary/aromatic N) is 1. The first-order valence-corrected chi connectivity index (χ1v) is 21.1. The molecule has 0 saturated heterocycles. The molecule has 0 spiro atoms. The molecule has 1 heterocycles. The van der Waals surface area contributed by atoms with Crippen LogP contribution in [0.5, 0.6) is 0 Å². The predicted molar refractivity (Wildman–Crippen MR) is 266 cm³/mol. The quantitative estimate of drug-likeness (QED) is 0.0392. The molecule has 9 aromatic rings. The van der Waals surface area contributed by atoms with Gasteiger partial charge in [0.2, 0.25) is 5.91 Å². The Morgan fingerprint density at radius 1 is 0.554 bits per heavy atom. The summed E-state index contributed by atoms with van der Waals surface area (Å²) in [6, 6.07) is 53.0. The highest BCUT2D eigenvalue weighted by atomic mass is 127. The smallest absolute Gasteiger partial charge is 0.423 e. The second-order valence-electron chi connectivity index (χ2n) is 14.2. The van der Waals surface area contributed by atoms with E-state index in [2.05, 4.69) is 32.9 Å². The number of amides is 1. The van der Waals surface area contributed by atoms with Crippen molar-refractivity contribution < 1.29 is 32.4 Å². The number of nitrogens with two attached hydrogens (primary N) is 2. The van der Waals surface area contributed by atoms with Crippen LogP contribution < -0.4 is 22.2 Å². The molecule has 0 unspecified atom stereocenters. The second-order valence-corrected chi connectivity index (χ2v) is 15.3. The molecule has 0 atom stereocenters. The lowest BCUT2D eigenvalue weighted by molar-refractivity contribution is -0.114. The molecule has 0 saturated carbocycles. The Labute approximate surface area is 388 Å². The molecule has 9 rings (SSSR count). The van der Waals surface area contributed by atoms with Crippen molar-refractivity contribution in [3.63, 3.8) is 0 Å². The summed E-state index contributed by atoms with van der Waals surface area (Å²) in [4.78, 5) is 15.6. The number of para-hydroxylation sites is 4. The van der Waals surface area contributed by atoms with Crippen molar-refractivity contribution in [3.8, 4) is 22.3 Å². The molecule has 7 nitrogen and oxygen atoms in total. The summed E-state index contributed by atoms with van der Waals surface area (Å²) in [5.41, 5.74) is 19.3. The highest BCUT2D eigenvalue weighted by Crippen LogP contribution is 2.29. The van der Waals surface area contributed by atoms with Gasteiger partial charge in [-0.15, -0.1) is 0 Å². The van der Waals surface area contributed by atoms with Crippen LogP contribution in [0.4, 0.5) is 34.6 Å². The average Bonchev–Trinajstić information content (AvgIpc) is 3.29. The van der Waals surface area contributed by atoms with Crippen LogP contribution in [0.15, 0.2) is 188 Å². The molecule has 0 aliphatic heterocycles. The summed E-state index contributed by atoms with van der Waals surface area (Å²) in [5, 5.41) is 22.9. The lowest BCUT2D eigenvalue weighted by Gasteiger charge is -2.09. The lowest BCUT2D eigenvalue weighted by atomic mass is 9.80. The minimum atomic E-state index is -1.51. The highest BCUT2D eigenvalue weighted by Gasteiger charge is 2.10. The Kier molecular flexibility index (Phi) is 18.2. The number of rotatable bonds is 4. The van der Waals surface area contributed by atoms with Gasteiger partial charge in [0, 0.05) is 55.1 Å². The molecule has 0 radical (unpaired) electrons. The van der Waals surface area contributed by atoms with E-state index in [9.17, 15) is 22.4 Å². The summed E-state index contributed by atoms with van der Waals surface area (Å²) in [6.45, 7) is 3.37. The molecule has 8 aromatic carbocycles. The van der Waals surface area contributed by atoms with Crippen molar-refractivity contribution in [2.24, 2.45) is 0 Å². The topological polar surface area (TPSA) is 134 Å². The van der Waals surface area contributed by atoms with Crippen LogP contribution in [0.25, 0.3) is 43.9 Å². The number of carbonyl (C=O) groups excluding carboxylic acids is 1. The number of aromatic nitrogens is 1. The van der Waals surface area contributed by atoms with Gasteiger partial charge in [-0.2, -0.15) is 0 Å². The van der Waals surface area contributed by atoms with Crippen molar-refractivity contribution >= 4 is 79.8 Å². The minimum absolute atomic E-state index is 0.125. The van der Waals surface area contributed by atoms with E-state index in [1.54, 1.807) is 30.3 Å². The van der Waals surface area contributed by atoms with Gasteiger partial charge in [-0.25, -0.2) is 17.6 Å². The SMILES string of the molecule is CC(=O)Nc1ccccc1-c1ccc(F)cc1.Cc1nc2ccccc2c2ccc(F)cc12.Nc1ccccc1-c1ccc(F)cc1.Nc1ccccc1I.OB(O)c1ccc(F)cc1. The van der Waals surface area contributed by atoms with E-state index in [1.165, 1.54) is 61.5 Å². The van der Waals surface area contributed by atoms with E-state index in [0.29, 0.717) is 11.2 Å². The average molecular weight is 987 g/mol. The Morgan fingerprint density at radius 3 is 1.57 bits per heavy atom. The first-order valence-electron chi connectivity index (χ1n) is 20.0. The summed E-state index contributed by atoms with van der Waals surface area (Å²) in [6.07, 6.45) is 0. The van der Waals surface area contributed by atoms with Crippen LogP contribution in [-0.4, -0.2) is 28.1 Å². The highest BCUT2D eigenvalue weighted by molar-refractivity contribution is 14.1. The molecule has 65 heavy (non-hydrogen) atoms. The molecular formula is C52H44BF4IN4O3. The Hall–Kier alpha value is -7.07. The largest absolute Gasteiger partial charge is 0.488 e. The Bertz CT molecular complexity index is 2940. The molecule has 1 aromatic heterocycles. The van der Waals surface area contributed by atoms with Crippen LogP contribution in [-0.2, 0) is 4.79 Å². The van der Waals surface area contributed by atoms with Crippen molar-refractivity contribution in [3.05, 3.63) is 221 Å². The van der Waals surface area contributed by atoms with E-state index in [-0.39, 0.29) is 29.2 Å². The zero-order valence-electron chi connectivity index (χ0n) is 35.3. The number of anilines is 3. The fraction of sp³-hybridized carbons (Fsp3) is 0.0385. The predicted octanol–water partition coefficient (Wildman–Crippen LogP) is 11.7. The number of hydrogen-bond acceptors (Lipinski definition) is 6. The van der Waals surface area contributed by atoms with Crippen molar-refractivity contribution in [1.82, 2.24) is 4.98 Å². The second kappa shape index (κ2) is 24.1. The van der Waals surface area contributed by atoms with Gasteiger partial charge in [-0.05, 0) is 130 Å². The monoisotopic (exact) mass is 986 g/mol. The minimum Gasteiger partial charge on any atom is -0.423 e. The fourth-order valence-corrected chi connectivity index (χ4v) is 6.64. The number of nitrogen functional groups attached to an aromatic ring is 2. The van der Waals surface area contributed by atoms with Crippen molar-refractivity contribution in [1.29, 1.82) is 0 Å². The molecule has 0 bridgehead atoms. The maximum Gasteiger partial charge on any atom is 0.488 e. The normalized spacial score (nSPS) is 10.1. The number of nitrogens with one attached hydrogen (secondary N) is 1. The first-order chi connectivity index (χ1) is 31.2. The van der Waals surface area contributed by atoms with Crippen molar-refractivity contribution in [2.75, 3.05) is 16.8 Å². The number of pyridine rings is 1. The molecule has 0 fully saturated rings. The zero-order valence-corrected chi connectivity index (χ0v) is 37.4. The third kappa shape index (κ3) is 14.7. The maximum atomic E-state index is 13.2. The Morgan fingerprint density at radius 2 is 1.03 bits per heavy atom. The van der Waals surface area contributed by atoms with Crippen LogP contribution >= 0.6 is 22.6 Å². The van der Waals surface area contributed by atoms with E-state index in [4.69, 9.17) is 21.5 Å². The number of benzene rings is 8. The van der Waals surface area contributed by atoms with Gasteiger partial charge in [0.05, 0.1) is 5.52 Å². The van der Waals surface area contributed by atoms with Crippen LogP contribution in [0.3, 0.4) is 0 Å². The van der Waals surface area contributed by atoms with Gasteiger partial charge >= 0.3 is 7.12 Å². The van der Waals surface area contributed by atoms with E-state index < -0.39 is 7.12 Å². The number of aryl methyl sites for hydroxylation is 1. The number of fused-ring (bicyclic) bond motifs is 3. The van der Waals surface area contributed by atoms with E-state index in [0.717, 1.165) is 64.6 Å². The van der Waals surface area contributed by atoms with Gasteiger partial charge in [-0.1, -0.05) is 109 Å². The lowest BCUT2D eigenvalue weighted by Crippen LogP contribution is -2.29. The number of hydrogen-bond donors (Lipinski definition) is 5.